The van der Waals surface area contributed by atoms with E-state index in [0.29, 0.717) is 58.7 Å². The molecule has 0 radical (unpaired) electrons. The Balaban J connectivity index is 2.06. The van der Waals surface area contributed by atoms with E-state index in [2.05, 4.69) is 4.98 Å². The van der Waals surface area contributed by atoms with Gasteiger partial charge in [-0.25, -0.2) is 19.2 Å². The molecule has 196 valence electrons. The van der Waals surface area contributed by atoms with Crippen molar-refractivity contribution in [2.75, 3.05) is 39.8 Å². The molecule has 4 N–H and O–H groups in total. The lowest BCUT2D eigenvalue weighted by atomic mass is 10.0. The fourth-order valence-electron chi connectivity index (χ4n) is 4.74. The molecule has 1 saturated heterocycles. The van der Waals surface area contributed by atoms with Crippen LogP contribution in [0.15, 0.2) is 29.1 Å². The average Bonchev–Trinajstić information content (AvgIpc) is 3.12. The molecule has 3 aromatic rings. The van der Waals surface area contributed by atoms with Crippen LogP contribution in [0.5, 0.6) is 5.88 Å². The highest BCUT2D eigenvalue weighted by Crippen LogP contribution is 2.39. The number of hydrazine groups is 1. The van der Waals surface area contributed by atoms with Crippen LogP contribution in [-0.2, 0) is 21.1 Å². The second-order valence-electron chi connectivity index (χ2n) is 9.21. The normalized spacial score (nSPS) is 15.9. The fraction of sp³-hybridized carbons (Fsp3) is 0.500. The number of hydrogen-bond donors (Lipinski definition) is 2. The first kappa shape index (κ1) is 26.1. The number of hydrogen-bond acceptors (Lipinski definition) is 9. The Bertz CT molecular complexity index is 1390. The Morgan fingerprint density at radius 1 is 1.31 bits per heavy atom. The highest BCUT2D eigenvalue weighted by molar-refractivity contribution is 7.91. The van der Waals surface area contributed by atoms with Crippen LogP contribution < -0.4 is 16.3 Å². The molecule has 0 bridgehead atoms. The largest absolute Gasteiger partial charge is 0.477 e. The highest BCUT2D eigenvalue weighted by Gasteiger charge is 2.27. The molecule has 36 heavy (non-hydrogen) atoms. The molecular weight excluding hydrogens is 487 g/mol. The zero-order chi connectivity index (χ0) is 26.0. The summed E-state index contributed by atoms with van der Waals surface area (Å²) in [5.41, 5.74) is 9.66. The Kier molecular flexibility index (Phi) is 7.67. The fourth-order valence-corrected chi connectivity index (χ4v) is 5.55. The van der Waals surface area contributed by atoms with Crippen LogP contribution in [0, 0.1) is 5.92 Å². The summed E-state index contributed by atoms with van der Waals surface area (Å²) < 4.78 is 51.8. The number of pyridine rings is 2. The Labute approximate surface area is 209 Å². The van der Waals surface area contributed by atoms with Crippen molar-refractivity contribution in [3.8, 4) is 5.88 Å². The summed E-state index contributed by atoms with van der Waals surface area (Å²) in [6.07, 6.45) is 6.02. The molecule has 0 aliphatic carbocycles. The van der Waals surface area contributed by atoms with E-state index in [4.69, 9.17) is 26.0 Å². The molecule has 1 fully saturated rings. The number of nitrogens with zero attached hydrogens (tertiary/aromatic N) is 4. The topological polar surface area (TPSA) is 139 Å². The van der Waals surface area contributed by atoms with Crippen molar-refractivity contribution in [3.63, 3.8) is 0 Å². The molecule has 0 amide bonds. The van der Waals surface area contributed by atoms with E-state index in [1.54, 1.807) is 20.2 Å². The van der Waals surface area contributed by atoms with Crippen LogP contribution in [0.1, 0.15) is 31.7 Å². The number of ether oxygens (including phenoxy) is 2. The van der Waals surface area contributed by atoms with Crippen LogP contribution >= 0.6 is 0 Å². The lowest BCUT2D eigenvalue weighted by molar-refractivity contribution is 0.0619. The van der Waals surface area contributed by atoms with Crippen molar-refractivity contribution in [1.82, 2.24) is 19.5 Å². The molecule has 4 rings (SSSR count). The zero-order valence-corrected chi connectivity index (χ0v) is 21.6. The first-order chi connectivity index (χ1) is 17.1. The molecular formula is C24H33FN6O4S. The minimum atomic E-state index is -3.64. The van der Waals surface area contributed by atoms with Gasteiger partial charge in [0.05, 0.1) is 41.6 Å². The van der Waals surface area contributed by atoms with Crippen LogP contribution in [0.3, 0.4) is 0 Å². The number of halogens is 1. The quantitative estimate of drug-likeness (QED) is 0.248. The molecule has 4 heterocycles. The van der Waals surface area contributed by atoms with Gasteiger partial charge in [-0.1, -0.05) is 0 Å². The van der Waals surface area contributed by atoms with Crippen LogP contribution in [-0.4, -0.2) is 67.8 Å². The summed E-state index contributed by atoms with van der Waals surface area (Å²) in [4.78, 5) is 9.12. The van der Waals surface area contributed by atoms with Gasteiger partial charge in [-0.2, -0.15) is 0 Å². The van der Waals surface area contributed by atoms with Crippen molar-refractivity contribution in [3.05, 3.63) is 29.7 Å². The summed E-state index contributed by atoms with van der Waals surface area (Å²) in [7, 11) is -1.95. The molecule has 0 atom stereocenters. The molecule has 0 saturated carbocycles. The second-order valence-corrected chi connectivity index (χ2v) is 11.2. The minimum Gasteiger partial charge on any atom is -0.477 e. The van der Waals surface area contributed by atoms with Gasteiger partial charge in [0.15, 0.2) is 9.84 Å². The van der Waals surface area contributed by atoms with Crippen molar-refractivity contribution in [2.24, 2.45) is 17.5 Å². The van der Waals surface area contributed by atoms with Gasteiger partial charge in [-0.15, -0.1) is 0 Å². The Morgan fingerprint density at radius 2 is 2.03 bits per heavy atom. The summed E-state index contributed by atoms with van der Waals surface area (Å²) in [5, 5.41) is 1.92. The predicted octanol–water partition coefficient (Wildman–Crippen LogP) is 2.61. The number of aromatic nitrogens is 3. The summed E-state index contributed by atoms with van der Waals surface area (Å²) in [6.45, 7) is 3.20. The molecule has 3 aromatic heterocycles. The van der Waals surface area contributed by atoms with Crippen LogP contribution in [0.2, 0.25) is 0 Å². The van der Waals surface area contributed by atoms with Gasteiger partial charge in [0.1, 0.15) is 10.4 Å². The summed E-state index contributed by atoms with van der Waals surface area (Å²) in [5.74, 6) is 6.56. The lowest BCUT2D eigenvalue weighted by Crippen LogP contribution is -2.26. The lowest BCUT2D eigenvalue weighted by Gasteiger charge is -2.24. The third-order valence-electron chi connectivity index (χ3n) is 6.35. The highest BCUT2D eigenvalue weighted by atomic mass is 32.2. The van der Waals surface area contributed by atoms with E-state index in [1.165, 1.54) is 11.2 Å². The maximum Gasteiger partial charge on any atom is 0.225 e. The maximum absolute atomic E-state index is 12.9. The number of sulfone groups is 1. The molecule has 1 aliphatic rings. The molecule has 0 spiro atoms. The predicted molar refractivity (Wildman–Crippen MR) is 137 cm³/mol. The number of alkyl halides is 1. The third-order valence-corrected chi connectivity index (χ3v) is 7.44. The van der Waals surface area contributed by atoms with Gasteiger partial charge in [0.2, 0.25) is 5.88 Å². The van der Waals surface area contributed by atoms with E-state index in [1.807, 2.05) is 10.6 Å². The molecule has 10 nitrogen and oxygen atoms in total. The monoisotopic (exact) mass is 520 g/mol. The van der Waals surface area contributed by atoms with Crippen LogP contribution in [0.4, 0.5) is 4.39 Å². The van der Waals surface area contributed by atoms with Gasteiger partial charge in [-0.05, 0) is 31.7 Å². The van der Waals surface area contributed by atoms with Crippen molar-refractivity contribution in [2.45, 2.75) is 37.6 Å². The van der Waals surface area contributed by atoms with E-state index in [-0.39, 0.29) is 29.7 Å². The Morgan fingerprint density at radius 3 is 2.64 bits per heavy atom. The van der Waals surface area contributed by atoms with E-state index in [0.717, 1.165) is 19.1 Å². The third kappa shape index (κ3) is 5.11. The molecule has 1 aliphatic heterocycles. The summed E-state index contributed by atoms with van der Waals surface area (Å²) >= 11 is 0. The van der Waals surface area contributed by atoms with Crippen molar-refractivity contribution >= 4 is 37.5 Å². The first-order valence-corrected chi connectivity index (χ1v) is 13.7. The zero-order valence-electron chi connectivity index (χ0n) is 20.8. The number of nitrogens with two attached hydrogens (primary N) is 2. The van der Waals surface area contributed by atoms with Gasteiger partial charge in [0, 0.05) is 56.9 Å². The molecule has 12 heteroatoms. The SMILES string of the molecule is C/C(N)=C(\c1cnc2c3c(OCCCF)ncc(S(C)(=O)=O)c3n(CC3CCOCC3)c2c1)N(C)N. The number of allylic oxidation sites excluding steroid dienone is 1. The number of rotatable bonds is 9. The Hall–Kier alpha value is -2.96. The van der Waals surface area contributed by atoms with Crippen molar-refractivity contribution in [1.29, 1.82) is 0 Å². The van der Waals surface area contributed by atoms with Gasteiger partial charge in [-0.3, -0.25) is 9.37 Å². The second kappa shape index (κ2) is 10.6. The van der Waals surface area contributed by atoms with E-state index < -0.39 is 16.5 Å². The minimum absolute atomic E-state index is 0.0867. The standard InChI is InChI=1S/C24H33FN6O4S/c1-15(26)22(30(2)27)17-11-18-21(28-12-17)20-23(31(18)14-16-5-9-34-10-6-16)19(36(3,32)33)13-29-24(20)35-8-4-7-25/h11-13,16H,4-10,14,26-27H2,1-3H3/b22-15-. The van der Waals surface area contributed by atoms with E-state index >= 15 is 0 Å². The van der Waals surface area contributed by atoms with Crippen LogP contribution in [0.25, 0.3) is 27.6 Å². The smallest absolute Gasteiger partial charge is 0.225 e. The summed E-state index contributed by atoms with van der Waals surface area (Å²) in [6, 6.07) is 1.91. The van der Waals surface area contributed by atoms with Gasteiger partial charge in [0.25, 0.3) is 0 Å². The number of fused-ring (bicyclic) bond motifs is 3. The maximum atomic E-state index is 12.9. The van der Waals surface area contributed by atoms with Crippen molar-refractivity contribution < 1.29 is 22.3 Å². The van der Waals surface area contributed by atoms with Gasteiger partial charge < -0.3 is 24.8 Å². The molecule has 0 aromatic carbocycles. The molecule has 0 unspecified atom stereocenters. The first-order valence-electron chi connectivity index (χ1n) is 11.9. The van der Waals surface area contributed by atoms with E-state index in [9.17, 15) is 12.8 Å². The average molecular weight is 521 g/mol. The van der Waals surface area contributed by atoms with Gasteiger partial charge >= 0.3 is 0 Å².